The zero-order valence-corrected chi connectivity index (χ0v) is 10.6. The molecule has 0 fully saturated rings. The Bertz CT molecular complexity index is 667. The number of nitrogens with zero attached hydrogens (tertiary/aromatic N) is 2. The molecule has 0 aliphatic rings. The third-order valence-corrected chi connectivity index (χ3v) is 3.43. The lowest BCUT2D eigenvalue weighted by atomic mass is 10.3. The van der Waals surface area contributed by atoms with Crippen molar-refractivity contribution in [3.63, 3.8) is 0 Å². The van der Waals surface area contributed by atoms with E-state index >= 15 is 0 Å². The molecular weight excluding hydrogens is 267 g/mol. The molecule has 1 aromatic carbocycles. The quantitative estimate of drug-likeness (QED) is 0.679. The molecule has 0 unspecified atom stereocenters. The molecule has 0 spiro atoms. The van der Waals surface area contributed by atoms with Gasteiger partial charge in [0.1, 0.15) is 5.82 Å². The molecule has 6 heteroatoms. The summed E-state index contributed by atoms with van der Waals surface area (Å²) in [6.45, 7) is 0. The van der Waals surface area contributed by atoms with E-state index in [1.807, 2.05) is 0 Å². The molecule has 0 aliphatic carbocycles. The van der Waals surface area contributed by atoms with Crippen molar-refractivity contribution in [2.24, 2.45) is 0 Å². The summed E-state index contributed by atoms with van der Waals surface area (Å²) in [7, 11) is 0. The van der Waals surface area contributed by atoms with Crippen LogP contribution >= 0.6 is 11.8 Å². The molecule has 3 rings (SSSR count). The Morgan fingerprint density at radius 3 is 2.84 bits per heavy atom. The highest BCUT2D eigenvalue weighted by molar-refractivity contribution is 7.98. The van der Waals surface area contributed by atoms with Gasteiger partial charge in [0.2, 0.25) is 11.7 Å². The summed E-state index contributed by atoms with van der Waals surface area (Å²) in [5.74, 6) is 1.53. The topological polar surface area (TPSA) is 52.1 Å². The van der Waals surface area contributed by atoms with E-state index in [9.17, 15) is 4.39 Å². The lowest BCUT2D eigenvalue weighted by Crippen LogP contribution is -1.84. The van der Waals surface area contributed by atoms with Crippen molar-refractivity contribution in [2.45, 2.75) is 10.6 Å². The highest BCUT2D eigenvalue weighted by atomic mass is 32.2. The molecule has 19 heavy (non-hydrogen) atoms. The summed E-state index contributed by atoms with van der Waals surface area (Å²) in [5, 5.41) is 3.81. The van der Waals surface area contributed by atoms with Crippen LogP contribution in [0.3, 0.4) is 0 Å². The van der Waals surface area contributed by atoms with Crippen molar-refractivity contribution < 1.29 is 13.3 Å². The van der Waals surface area contributed by atoms with E-state index in [0.29, 0.717) is 28.1 Å². The summed E-state index contributed by atoms with van der Waals surface area (Å²) in [5.41, 5.74) is 0. The standard InChI is InChI=1S/C13H9FN2O2S/c14-9-4-1-2-6-11(9)19-8-12-15-13(16-18-12)10-5-3-7-17-10/h1-7H,8H2. The van der Waals surface area contributed by atoms with Gasteiger partial charge >= 0.3 is 0 Å². The fourth-order valence-corrected chi connectivity index (χ4v) is 2.30. The minimum atomic E-state index is -0.252. The van der Waals surface area contributed by atoms with Crippen LogP contribution in [0.2, 0.25) is 0 Å². The second-order valence-electron chi connectivity index (χ2n) is 3.71. The first-order chi connectivity index (χ1) is 9.33. The molecule has 0 saturated carbocycles. The maximum absolute atomic E-state index is 13.4. The van der Waals surface area contributed by atoms with E-state index in [-0.39, 0.29) is 5.82 Å². The summed E-state index contributed by atoms with van der Waals surface area (Å²) in [6.07, 6.45) is 1.54. The van der Waals surface area contributed by atoms with E-state index in [2.05, 4.69) is 10.1 Å². The van der Waals surface area contributed by atoms with E-state index in [4.69, 9.17) is 8.94 Å². The van der Waals surface area contributed by atoms with Gasteiger partial charge in [0.15, 0.2) is 5.76 Å². The average Bonchev–Trinajstić information content (AvgIpc) is 3.09. The third kappa shape index (κ3) is 2.68. The van der Waals surface area contributed by atoms with Gasteiger partial charge in [-0.15, -0.1) is 11.8 Å². The number of hydrogen-bond acceptors (Lipinski definition) is 5. The number of halogens is 1. The molecule has 2 heterocycles. The number of benzene rings is 1. The van der Waals surface area contributed by atoms with Crippen molar-refractivity contribution in [3.05, 3.63) is 54.4 Å². The minimum absolute atomic E-state index is 0.252. The van der Waals surface area contributed by atoms with Crippen molar-refractivity contribution in [1.29, 1.82) is 0 Å². The van der Waals surface area contributed by atoms with Crippen LogP contribution in [0.15, 0.2) is 56.5 Å². The predicted molar refractivity (Wildman–Crippen MR) is 68.0 cm³/mol. The van der Waals surface area contributed by atoms with Gasteiger partial charge in [-0.3, -0.25) is 0 Å². The molecule has 0 amide bonds. The van der Waals surface area contributed by atoms with Crippen LogP contribution < -0.4 is 0 Å². The van der Waals surface area contributed by atoms with E-state index in [1.165, 1.54) is 17.8 Å². The lowest BCUT2D eigenvalue weighted by molar-refractivity contribution is 0.390. The molecule has 0 saturated heterocycles. The highest BCUT2D eigenvalue weighted by Crippen LogP contribution is 2.25. The van der Waals surface area contributed by atoms with Crippen molar-refractivity contribution in [2.75, 3.05) is 0 Å². The number of rotatable bonds is 4. The van der Waals surface area contributed by atoms with Crippen LogP contribution in [-0.4, -0.2) is 10.1 Å². The van der Waals surface area contributed by atoms with Crippen LogP contribution in [0.25, 0.3) is 11.6 Å². The van der Waals surface area contributed by atoms with Crippen LogP contribution in [-0.2, 0) is 5.75 Å². The van der Waals surface area contributed by atoms with E-state index in [0.717, 1.165) is 0 Å². The van der Waals surface area contributed by atoms with Crippen molar-refractivity contribution >= 4 is 11.8 Å². The van der Waals surface area contributed by atoms with Gasteiger partial charge in [-0.05, 0) is 24.3 Å². The van der Waals surface area contributed by atoms with Gasteiger partial charge in [0, 0.05) is 4.90 Å². The average molecular weight is 276 g/mol. The Hall–Kier alpha value is -2.08. The summed E-state index contributed by atoms with van der Waals surface area (Å²) >= 11 is 1.31. The maximum atomic E-state index is 13.4. The fraction of sp³-hybridized carbons (Fsp3) is 0.0769. The van der Waals surface area contributed by atoms with Crippen molar-refractivity contribution in [1.82, 2.24) is 10.1 Å². The second-order valence-corrected chi connectivity index (χ2v) is 4.73. The molecule has 0 N–H and O–H groups in total. The van der Waals surface area contributed by atoms with Gasteiger partial charge in [0.25, 0.3) is 0 Å². The molecule has 3 aromatic rings. The summed E-state index contributed by atoms with van der Waals surface area (Å²) in [6, 6.07) is 10.1. The Morgan fingerprint density at radius 2 is 2.05 bits per heavy atom. The fourth-order valence-electron chi connectivity index (χ4n) is 1.52. The molecular formula is C13H9FN2O2S. The molecule has 96 valence electrons. The third-order valence-electron chi connectivity index (χ3n) is 2.40. The Labute approximate surface area is 112 Å². The smallest absolute Gasteiger partial charge is 0.238 e. The van der Waals surface area contributed by atoms with Crippen LogP contribution in [0.4, 0.5) is 4.39 Å². The summed E-state index contributed by atoms with van der Waals surface area (Å²) in [4.78, 5) is 4.74. The van der Waals surface area contributed by atoms with Gasteiger partial charge in [-0.1, -0.05) is 17.3 Å². The lowest BCUT2D eigenvalue weighted by Gasteiger charge is -1.98. The first kappa shape index (κ1) is 12.0. The monoisotopic (exact) mass is 276 g/mol. The molecule has 0 bridgehead atoms. The first-order valence-corrected chi connectivity index (χ1v) is 6.55. The van der Waals surface area contributed by atoms with Gasteiger partial charge in [-0.2, -0.15) is 4.98 Å². The predicted octanol–water partition coefficient (Wildman–Crippen LogP) is 3.76. The zero-order valence-electron chi connectivity index (χ0n) is 9.75. The second kappa shape index (κ2) is 5.27. The number of furan rings is 1. The van der Waals surface area contributed by atoms with Crippen LogP contribution in [0, 0.1) is 5.82 Å². The molecule has 0 radical (unpaired) electrons. The molecule has 4 nitrogen and oxygen atoms in total. The molecule has 2 aromatic heterocycles. The molecule has 0 atom stereocenters. The van der Waals surface area contributed by atoms with Crippen molar-refractivity contribution in [3.8, 4) is 11.6 Å². The van der Waals surface area contributed by atoms with Gasteiger partial charge in [0.05, 0.1) is 12.0 Å². The Kier molecular flexibility index (Phi) is 3.33. The Balaban J connectivity index is 1.70. The largest absolute Gasteiger partial charge is 0.461 e. The van der Waals surface area contributed by atoms with E-state index < -0.39 is 0 Å². The van der Waals surface area contributed by atoms with Gasteiger partial charge in [-0.25, -0.2) is 4.39 Å². The number of thioether (sulfide) groups is 1. The minimum Gasteiger partial charge on any atom is -0.461 e. The van der Waals surface area contributed by atoms with Gasteiger partial charge < -0.3 is 8.94 Å². The van der Waals surface area contributed by atoms with E-state index in [1.54, 1.807) is 36.6 Å². The van der Waals surface area contributed by atoms with Crippen LogP contribution in [0.5, 0.6) is 0 Å². The number of hydrogen-bond donors (Lipinski definition) is 0. The Morgan fingerprint density at radius 1 is 1.16 bits per heavy atom. The highest BCUT2D eigenvalue weighted by Gasteiger charge is 2.11. The normalized spacial score (nSPS) is 10.8. The maximum Gasteiger partial charge on any atom is 0.238 e. The number of aromatic nitrogens is 2. The SMILES string of the molecule is Fc1ccccc1SCc1nc(-c2ccco2)no1. The zero-order chi connectivity index (χ0) is 13.1. The first-order valence-electron chi connectivity index (χ1n) is 5.57. The summed E-state index contributed by atoms with van der Waals surface area (Å²) < 4.78 is 23.7. The molecule has 0 aliphatic heterocycles. The van der Waals surface area contributed by atoms with Crippen LogP contribution in [0.1, 0.15) is 5.89 Å².